The van der Waals surface area contributed by atoms with Gasteiger partial charge < -0.3 is 14.8 Å². The van der Waals surface area contributed by atoms with Crippen molar-refractivity contribution in [2.24, 2.45) is 5.92 Å². The average Bonchev–Trinajstić information content (AvgIpc) is 2.69. The first-order valence-corrected chi connectivity index (χ1v) is 9.65. The van der Waals surface area contributed by atoms with Gasteiger partial charge in [-0.1, -0.05) is 12.1 Å². The number of nitrogens with zero attached hydrogens (tertiary/aromatic N) is 2. The van der Waals surface area contributed by atoms with E-state index in [9.17, 15) is 4.79 Å². The quantitative estimate of drug-likeness (QED) is 0.795. The fourth-order valence-corrected chi connectivity index (χ4v) is 3.72. The summed E-state index contributed by atoms with van der Waals surface area (Å²) in [6.45, 7) is 8.11. The molecule has 0 spiro atoms. The van der Waals surface area contributed by atoms with E-state index in [1.165, 1.54) is 19.4 Å². The Balaban J connectivity index is 1.33. The summed E-state index contributed by atoms with van der Waals surface area (Å²) in [6, 6.07) is 7.81. The molecule has 1 amide bonds. The molecule has 2 fully saturated rings. The van der Waals surface area contributed by atoms with Gasteiger partial charge in [0.2, 0.25) is 5.91 Å². The standard InChI is InChI=1S/C20H31N3O3/c1-25-19-4-2-3-18(13-19)14-21-20(24)16-22-7-5-17(6-8-22)15-23-9-11-26-12-10-23/h2-4,13,17H,5-12,14-16H2,1H3,(H,21,24). The van der Waals surface area contributed by atoms with Crippen molar-refractivity contribution in [1.29, 1.82) is 0 Å². The van der Waals surface area contributed by atoms with Gasteiger partial charge in [-0.15, -0.1) is 0 Å². The molecule has 3 rings (SSSR count). The smallest absolute Gasteiger partial charge is 0.234 e. The van der Waals surface area contributed by atoms with Crippen LogP contribution in [0.5, 0.6) is 5.75 Å². The second-order valence-electron chi connectivity index (χ2n) is 7.26. The van der Waals surface area contributed by atoms with Crippen LogP contribution in [0, 0.1) is 5.92 Å². The van der Waals surface area contributed by atoms with E-state index < -0.39 is 0 Å². The van der Waals surface area contributed by atoms with Gasteiger partial charge in [-0.2, -0.15) is 0 Å². The first-order valence-electron chi connectivity index (χ1n) is 9.65. The summed E-state index contributed by atoms with van der Waals surface area (Å²) in [5.74, 6) is 1.67. The minimum atomic E-state index is 0.0967. The fourth-order valence-electron chi connectivity index (χ4n) is 3.72. The molecule has 2 aliphatic rings. The Morgan fingerprint density at radius 1 is 1.19 bits per heavy atom. The lowest BCUT2D eigenvalue weighted by Gasteiger charge is -2.35. The van der Waals surface area contributed by atoms with Crippen molar-refractivity contribution >= 4 is 5.91 Å². The number of amides is 1. The molecule has 0 atom stereocenters. The van der Waals surface area contributed by atoms with Gasteiger partial charge in [-0.3, -0.25) is 14.6 Å². The highest BCUT2D eigenvalue weighted by molar-refractivity contribution is 5.78. The van der Waals surface area contributed by atoms with Gasteiger partial charge in [-0.25, -0.2) is 0 Å². The summed E-state index contributed by atoms with van der Waals surface area (Å²) in [7, 11) is 1.65. The Bertz CT molecular complexity index is 567. The summed E-state index contributed by atoms with van der Waals surface area (Å²) in [5, 5.41) is 3.02. The minimum Gasteiger partial charge on any atom is -0.497 e. The van der Waals surface area contributed by atoms with Gasteiger partial charge in [0.25, 0.3) is 0 Å². The van der Waals surface area contributed by atoms with Crippen LogP contribution in [-0.4, -0.2) is 75.3 Å². The van der Waals surface area contributed by atoms with Crippen LogP contribution in [0.1, 0.15) is 18.4 Å². The van der Waals surface area contributed by atoms with E-state index in [1.54, 1.807) is 7.11 Å². The number of hydrogen-bond donors (Lipinski definition) is 1. The van der Waals surface area contributed by atoms with Crippen molar-refractivity contribution < 1.29 is 14.3 Å². The van der Waals surface area contributed by atoms with E-state index in [0.29, 0.717) is 13.1 Å². The van der Waals surface area contributed by atoms with Crippen molar-refractivity contribution in [2.45, 2.75) is 19.4 Å². The monoisotopic (exact) mass is 361 g/mol. The number of benzene rings is 1. The second kappa shape index (κ2) is 9.90. The first-order chi connectivity index (χ1) is 12.7. The molecule has 2 saturated heterocycles. The molecule has 0 aliphatic carbocycles. The fraction of sp³-hybridized carbons (Fsp3) is 0.650. The van der Waals surface area contributed by atoms with E-state index >= 15 is 0 Å². The molecular formula is C20H31N3O3. The SMILES string of the molecule is COc1cccc(CNC(=O)CN2CCC(CN3CCOCC3)CC2)c1. The zero-order chi connectivity index (χ0) is 18.2. The molecule has 1 aromatic rings. The Morgan fingerprint density at radius 3 is 2.69 bits per heavy atom. The molecule has 0 unspecified atom stereocenters. The highest BCUT2D eigenvalue weighted by Gasteiger charge is 2.23. The Hall–Kier alpha value is -1.63. The number of hydrogen-bond acceptors (Lipinski definition) is 5. The van der Waals surface area contributed by atoms with Gasteiger partial charge in [0.15, 0.2) is 0 Å². The van der Waals surface area contributed by atoms with Crippen molar-refractivity contribution in [2.75, 3.05) is 59.6 Å². The first kappa shape index (κ1) is 19.1. The molecule has 0 radical (unpaired) electrons. The molecule has 1 N–H and O–H groups in total. The molecule has 6 heteroatoms. The molecule has 0 bridgehead atoms. The third kappa shape index (κ3) is 5.97. The highest BCUT2D eigenvalue weighted by atomic mass is 16.5. The molecule has 0 aromatic heterocycles. The third-order valence-corrected chi connectivity index (χ3v) is 5.32. The third-order valence-electron chi connectivity index (χ3n) is 5.32. The highest BCUT2D eigenvalue weighted by Crippen LogP contribution is 2.19. The van der Waals surface area contributed by atoms with Crippen LogP contribution in [0.3, 0.4) is 0 Å². The van der Waals surface area contributed by atoms with Gasteiger partial charge in [0.1, 0.15) is 5.75 Å². The number of carbonyl (C=O) groups excluding carboxylic acids is 1. The predicted molar refractivity (Wildman–Crippen MR) is 101 cm³/mol. The van der Waals surface area contributed by atoms with Crippen LogP contribution in [0.15, 0.2) is 24.3 Å². The number of nitrogens with one attached hydrogen (secondary N) is 1. The van der Waals surface area contributed by atoms with Crippen molar-refractivity contribution in [3.63, 3.8) is 0 Å². The maximum absolute atomic E-state index is 12.2. The normalized spacial score (nSPS) is 20.0. The summed E-state index contributed by atoms with van der Waals surface area (Å²) < 4.78 is 10.6. The zero-order valence-electron chi connectivity index (χ0n) is 15.8. The van der Waals surface area contributed by atoms with Crippen molar-refractivity contribution in [3.05, 3.63) is 29.8 Å². The van der Waals surface area contributed by atoms with Gasteiger partial charge in [-0.05, 0) is 49.5 Å². The minimum absolute atomic E-state index is 0.0967. The topological polar surface area (TPSA) is 54.0 Å². The van der Waals surface area contributed by atoms with E-state index in [4.69, 9.17) is 9.47 Å². The molecule has 0 saturated carbocycles. The number of rotatable bonds is 7. The summed E-state index contributed by atoms with van der Waals surface area (Å²) in [6.07, 6.45) is 2.36. The van der Waals surface area contributed by atoms with Crippen LogP contribution in [0.2, 0.25) is 0 Å². The summed E-state index contributed by atoms with van der Waals surface area (Å²) in [5.41, 5.74) is 1.06. The van der Waals surface area contributed by atoms with E-state index in [-0.39, 0.29) is 5.91 Å². The van der Waals surface area contributed by atoms with Crippen molar-refractivity contribution in [3.8, 4) is 5.75 Å². The van der Waals surface area contributed by atoms with Crippen LogP contribution in [0.4, 0.5) is 0 Å². The van der Waals surface area contributed by atoms with Gasteiger partial charge in [0, 0.05) is 26.2 Å². The summed E-state index contributed by atoms with van der Waals surface area (Å²) in [4.78, 5) is 17.0. The molecule has 6 nitrogen and oxygen atoms in total. The van der Waals surface area contributed by atoms with Crippen molar-refractivity contribution in [1.82, 2.24) is 15.1 Å². The number of ether oxygens (including phenoxy) is 2. The maximum atomic E-state index is 12.2. The lowest BCUT2D eigenvalue weighted by Crippen LogP contribution is -2.45. The average molecular weight is 361 g/mol. The van der Waals surface area contributed by atoms with Crippen LogP contribution < -0.4 is 10.1 Å². The Labute approximate surface area is 156 Å². The number of piperidine rings is 1. The molecule has 2 aliphatic heterocycles. The second-order valence-corrected chi connectivity index (χ2v) is 7.26. The summed E-state index contributed by atoms with van der Waals surface area (Å²) >= 11 is 0. The number of likely N-dealkylation sites (tertiary alicyclic amines) is 1. The van der Waals surface area contributed by atoms with E-state index in [0.717, 1.165) is 56.6 Å². The largest absolute Gasteiger partial charge is 0.497 e. The van der Waals surface area contributed by atoms with E-state index in [2.05, 4.69) is 15.1 Å². The van der Waals surface area contributed by atoms with Gasteiger partial charge in [0.05, 0.1) is 26.9 Å². The molecule has 2 heterocycles. The lowest BCUT2D eigenvalue weighted by molar-refractivity contribution is -0.122. The molecule has 144 valence electrons. The van der Waals surface area contributed by atoms with Crippen LogP contribution in [0.25, 0.3) is 0 Å². The van der Waals surface area contributed by atoms with E-state index in [1.807, 2.05) is 24.3 Å². The lowest BCUT2D eigenvalue weighted by atomic mass is 9.96. The van der Waals surface area contributed by atoms with Gasteiger partial charge >= 0.3 is 0 Å². The zero-order valence-corrected chi connectivity index (χ0v) is 15.8. The Morgan fingerprint density at radius 2 is 1.96 bits per heavy atom. The van der Waals surface area contributed by atoms with Crippen LogP contribution in [-0.2, 0) is 16.1 Å². The molecule has 26 heavy (non-hydrogen) atoms. The maximum Gasteiger partial charge on any atom is 0.234 e. The predicted octanol–water partition coefficient (Wildman–Crippen LogP) is 1.36. The van der Waals surface area contributed by atoms with Crippen LogP contribution >= 0.6 is 0 Å². The molecule has 1 aromatic carbocycles. The number of methoxy groups -OCH3 is 1. The number of morpholine rings is 1. The number of carbonyl (C=O) groups is 1. The molecular weight excluding hydrogens is 330 g/mol. The Kier molecular flexibility index (Phi) is 7.29.